The van der Waals surface area contributed by atoms with E-state index in [1.54, 1.807) is 11.8 Å². The van der Waals surface area contributed by atoms with Gasteiger partial charge in [-0.25, -0.2) is 0 Å². The van der Waals surface area contributed by atoms with Gasteiger partial charge in [-0.15, -0.1) is 0 Å². The second kappa shape index (κ2) is 10.8. The van der Waals surface area contributed by atoms with Crippen LogP contribution in [-0.2, 0) is 4.79 Å². The zero-order valence-corrected chi connectivity index (χ0v) is 15.9. The third kappa shape index (κ3) is 6.98. The van der Waals surface area contributed by atoms with E-state index in [-0.39, 0.29) is 5.91 Å². The molecule has 5 nitrogen and oxygen atoms in total. The van der Waals surface area contributed by atoms with Gasteiger partial charge in [0.1, 0.15) is 0 Å². The Kier molecular flexibility index (Phi) is 8.75. The van der Waals surface area contributed by atoms with Gasteiger partial charge < -0.3 is 21.1 Å². The summed E-state index contributed by atoms with van der Waals surface area (Å²) in [6, 6.07) is 9.41. The number of nitrogens with one attached hydrogen (secondary N) is 1. The quantitative estimate of drug-likeness (QED) is 0.620. The fourth-order valence-electron chi connectivity index (χ4n) is 3.15. The number of hydrogen-bond acceptors (Lipinski definition) is 5. The molecule has 6 heteroatoms. The van der Waals surface area contributed by atoms with Gasteiger partial charge in [0.05, 0.1) is 12.1 Å². The van der Waals surface area contributed by atoms with E-state index in [1.807, 2.05) is 36.6 Å². The summed E-state index contributed by atoms with van der Waals surface area (Å²) >= 11 is 1.71. The Balaban J connectivity index is 1.65. The molecule has 1 fully saturated rings. The molecule has 0 aromatic heterocycles. The van der Waals surface area contributed by atoms with Crippen LogP contribution in [0.2, 0.25) is 0 Å². The lowest BCUT2D eigenvalue weighted by Gasteiger charge is -2.33. The number of benzene rings is 1. The molecule has 0 aliphatic carbocycles. The van der Waals surface area contributed by atoms with Gasteiger partial charge >= 0.3 is 0 Å². The Bertz CT molecular complexity index is 507. The summed E-state index contributed by atoms with van der Waals surface area (Å²) in [5, 5.41) is 13.3. The average Bonchev–Trinajstić information content (AvgIpc) is 2.65. The number of rotatable bonds is 9. The summed E-state index contributed by atoms with van der Waals surface area (Å²) in [5.41, 5.74) is 6.86. The molecular formula is C19H31N3O2S. The van der Waals surface area contributed by atoms with E-state index in [0.717, 1.165) is 43.7 Å². The molecule has 1 aromatic carbocycles. The van der Waals surface area contributed by atoms with Crippen molar-refractivity contribution in [1.29, 1.82) is 0 Å². The fraction of sp³-hybridized carbons (Fsp3) is 0.632. The van der Waals surface area contributed by atoms with Crippen LogP contribution < -0.4 is 11.1 Å². The first-order valence-electron chi connectivity index (χ1n) is 9.07. The van der Waals surface area contributed by atoms with Crippen LogP contribution in [0, 0.1) is 5.92 Å². The first kappa shape index (κ1) is 20.2. The molecule has 1 unspecified atom stereocenters. The van der Waals surface area contributed by atoms with E-state index in [9.17, 15) is 9.90 Å². The van der Waals surface area contributed by atoms with Crippen molar-refractivity contribution in [2.75, 3.05) is 38.2 Å². The summed E-state index contributed by atoms with van der Waals surface area (Å²) in [6.45, 7) is 3.30. The number of nitrogens with zero attached hydrogens (tertiary/aromatic N) is 1. The van der Waals surface area contributed by atoms with Gasteiger partial charge in [0.25, 0.3) is 0 Å². The molecule has 0 bridgehead atoms. The van der Waals surface area contributed by atoms with Crippen LogP contribution in [0.15, 0.2) is 30.3 Å². The predicted octanol–water partition coefficient (Wildman–Crippen LogP) is 1.63. The molecule has 4 N–H and O–H groups in total. The largest absolute Gasteiger partial charge is 0.387 e. The third-order valence-corrected chi connectivity index (χ3v) is 5.50. The number of hydrogen-bond donors (Lipinski definition) is 3. The highest BCUT2D eigenvalue weighted by Crippen LogP contribution is 2.20. The summed E-state index contributed by atoms with van der Waals surface area (Å²) in [5.74, 6) is 1.38. The van der Waals surface area contributed by atoms with Crippen LogP contribution in [0.5, 0.6) is 0 Å². The molecule has 0 radical (unpaired) electrons. The molecule has 2 atom stereocenters. The zero-order valence-electron chi connectivity index (χ0n) is 15.1. The van der Waals surface area contributed by atoms with E-state index in [0.29, 0.717) is 19.0 Å². The monoisotopic (exact) mass is 365 g/mol. The van der Waals surface area contributed by atoms with Gasteiger partial charge in [-0.3, -0.25) is 4.79 Å². The van der Waals surface area contributed by atoms with Gasteiger partial charge in [0.2, 0.25) is 5.91 Å². The highest BCUT2D eigenvalue weighted by molar-refractivity contribution is 7.98. The maximum Gasteiger partial charge on any atom is 0.236 e. The van der Waals surface area contributed by atoms with Crippen molar-refractivity contribution >= 4 is 17.7 Å². The van der Waals surface area contributed by atoms with Crippen LogP contribution in [0.3, 0.4) is 0 Å². The number of aliphatic hydroxyl groups is 1. The Labute approximate surface area is 155 Å². The topological polar surface area (TPSA) is 78.6 Å². The van der Waals surface area contributed by atoms with Crippen LogP contribution in [-0.4, -0.2) is 60.1 Å². The molecule has 1 heterocycles. The van der Waals surface area contributed by atoms with Gasteiger partial charge in [-0.05, 0) is 55.8 Å². The molecule has 1 aliphatic rings. The smallest absolute Gasteiger partial charge is 0.236 e. The van der Waals surface area contributed by atoms with Crippen molar-refractivity contribution < 1.29 is 9.90 Å². The number of carbonyl (C=O) groups excluding carboxylic acids is 1. The molecule has 1 amide bonds. The maximum absolute atomic E-state index is 12.0. The highest BCUT2D eigenvalue weighted by Gasteiger charge is 2.22. The standard InChI is InChI=1S/C19H31N3O2S/c1-25-12-9-17(20)19(24)21-13-15-7-10-22(11-8-15)14-18(23)16-5-3-2-4-6-16/h2-6,15,17-18,23H,7-14,20H2,1H3,(H,21,24)/t17-,18?/m0/s1. The van der Waals surface area contributed by atoms with Crippen molar-refractivity contribution in [2.45, 2.75) is 31.4 Å². The van der Waals surface area contributed by atoms with E-state index in [4.69, 9.17) is 5.73 Å². The minimum Gasteiger partial charge on any atom is -0.387 e. The van der Waals surface area contributed by atoms with Crippen molar-refractivity contribution in [2.24, 2.45) is 11.7 Å². The molecule has 1 aromatic rings. The zero-order chi connectivity index (χ0) is 18.1. The SMILES string of the molecule is CSCC[C@H](N)C(=O)NCC1CCN(CC(O)c2ccccc2)CC1. The van der Waals surface area contributed by atoms with Crippen molar-refractivity contribution in [3.05, 3.63) is 35.9 Å². The van der Waals surface area contributed by atoms with Gasteiger partial charge in [-0.1, -0.05) is 30.3 Å². The Morgan fingerprint density at radius 3 is 2.68 bits per heavy atom. The number of carbonyl (C=O) groups is 1. The number of thioether (sulfide) groups is 1. The Hall–Kier alpha value is -1.08. The Morgan fingerprint density at radius 2 is 2.04 bits per heavy atom. The van der Waals surface area contributed by atoms with Crippen LogP contribution in [0.25, 0.3) is 0 Å². The third-order valence-electron chi connectivity index (χ3n) is 4.86. The van der Waals surface area contributed by atoms with E-state index in [2.05, 4.69) is 10.2 Å². The van der Waals surface area contributed by atoms with Gasteiger partial charge in [-0.2, -0.15) is 11.8 Å². The second-order valence-electron chi connectivity index (χ2n) is 6.80. The molecule has 25 heavy (non-hydrogen) atoms. The molecule has 1 aliphatic heterocycles. The van der Waals surface area contributed by atoms with Crippen molar-refractivity contribution in [3.63, 3.8) is 0 Å². The predicted molar refractivity (Wildman–Crippen MR) is 105 cm³/mol. The lowest BCUT2D eigenvalue weighted by Crippen LogP contribution is -2.45. The number of piperidine rings is 1. The molecule has 0 saturated carbocycles. The first-order valence-corrected chi connectivity index (χ1v) is 10.5. The summed E-state index contributed by atoms with van der Waals surface area (Å²) in [6.07, 6.45) is 4.39. The molecular weight excluding hydrogens is 334 g/mol. The van der Waals surface area contributed by atoms with E-state index >= 15 is 0 Å². The first-order chi connectivity index (χ1) is 12.1. The van der Waals surface area contributed by atoms with E-state index < -0.39 is 12.1 Å². The van der Waals surface area contributed by atoms with Crippen LogP contribution >= 0.6 is 11.8 Å². The molecule has 2 rings (SSSR count). The molecule has 1 saturated heterocycles. The summed E-state index contributed by atoms with van der Waals surface area (Å²) in [7, 11) is 0. The minimum atomic E-state index is -0.438. The fourth-order valence-corrected chi connectivity index (χ4v) is 3.64. The minimum absolute atomic E-state index is 0.0315. The summed E-state index contributed by atoms with van der Waals surface area (Å²) < 4.78 is 0. The normalized spacial score (nSPS) is 18.7. The number of aliphatic hydroxyl groups excluding tert-OH is 1. The Morgan fingerprint density at radius 1 is 1.36 bits per heavy atom. The van der Waals surface area contributed by atoms with Gasteiger partial charge in [0, 0.05) is 13.1 Å². The van der Waals surface area contributed by atoms with Crippen molar-refractivity contribution in [1.82, 2.24) is 10.2 Å². The lowest BCUT2D eigenvalue weighted by molar-refractivity contribution is -0.122. The van der Waals surface area contributed by atoms with E-state index in [1.165, 1.54) is 0 Å². The number of amides is 1. The van der Waals surface area contributed by atoms with Crippen molar-refractivity contribution in [3.8, 4) is 0 Å². The average molecular weight is 366 g/mol. The van der Waals surface area contributed by atoms with Crippen LogP contribution in [0.4, 0.5) is 0 Å². The number of likely N-dealkylation sites (tertiary alicyclic amines) is 1. The highest BCUT2D eigenvalue weighted by atomic mass is 32.2. The summed E-state index contributed by atoms with van der Waals surface area (Å²) in [4.78, 5) is 14.3. The molecule has 0 spiro atoms. The maximum atomic E-state index is 12.0. The number of nitrogens with two attached hydrogens (primary N) is 1. The number of β-amino-alcohol motifs (C(OH)–C–C–N with tert-alkyl or cyclic N) is 1. The molecule has 140 valence electrons. The van der Waals surface area contributed by atoms with Gasteiger partial charge in [0.15, 0.2) is 0 Å². The van der Waals surface area contributed by atoms with Crippen LogP contribution in [0.1, 0.15) is 30.9 Å². The lowest BCUT2D eigenvalue weighted by atomic mass is 9.96. The second-order valence-corrected chi connectivity index (χ2v) is 7.79.